The summed E-state index contributed by atoms with van der Waals surface area (Å²) in [6.45, 7) is 0. The molecule has 1 aromatic carbocycles. The number of rotatable bonds is 1. The van der Waals surface area contributed by atoms with E-state index in [1.54, 1.807) is 30.4 Å². The molecule has 1 aromatic heterocycles. The molecule has 3 rings (SSSR count). The number of hydrogen-bond acceptors (Lipinski definition) is 2. The molecule has 19 heavy (non-hydrogen) atoms. The van der Waals surface area contributed by atoms with Crippen molar-refractivity contribution in [2.24, 2.45) is 0 Å². The van der Waals surface area contributed by atoms with Gasteiger partial charge in [-0.2, -0.15) is 0 Å². The monoisotopic (exact) mass is 291 g/mol. The largest absolute Gasteiger partial charge is 0.386 e. The van der Waals surface area contributed by atoms with Crippen LogP contribution < -0.4 is 0 Å². The van der Waals surface area contributed by atoms with Crippen molar-refractivity contribution < 1.29 is 5.11 Å². The van der Waals surface area contributed by atoms with Crippen molar-refractivity contribution in [2.45, 2.75) is 11.0 Å². The second kappa shape index (κ2) is 4.64. The van der Waals surface area contributed by atoms with E-state index >= 15 is 0 Å². The van der Waals surface area contributed by atoms with Crippen LogP contribution >= 0.6 is 23.2 Å². The molecule has 0 radical (unpaired) electrons. The van der Waals surface area contributed by atoms with Crippen molar-refractivity contribution in [3.8, 4) is 0 Å². The lowest BCUT2D eigenvalue weighted by Crippen LogP contribution is -2.33. The van der Waals surface area contributed by atoms with Gasteiger partial charge in [0.1, 0.15) is 11.0 Å². The molecular formula is C15H11Cl2NO. The van der Waals surface area contributed by atoms with Crippen LogP contribution in [0.4, 0.5) is 0 Å². The van der Waals surface area contributed by atoms with E-state index in [4.69, 9.17) is 23.2 Å². The maximum atomic E-state index is 10.1. The molecule has 96 valence electrons. The van der Waals surface area contributed by atoms with E-state index in [1.165, 1.54) is 0 Å². The molecule has 1 heterocycles. The number of aliphatic hydroxyl groups is 1. The van der Waals surface area contributed by atoms with Crippen molar-refractivity contribution in [1.82, 2.24) is 4.98 Å². The van der Waals surface area contributed by atoms with Gasteiger partial charge in [-0.25, -0.2) is 0 Å². The van der Waals surface area contributed by atoms with Gasteiger partial charge in [0.2, 0.25) is 0 Å². The molecule has 1 N–H and O–H groups in total. The van der Waals surface area contributed by atoms with Gasteiger partial charge in [-0.05, 0) is 12.1 Å². The van der Waals surface area contributed by atoms with Gasteiger partial charge in [0.05, 0.1) is 16.2 Å². The predicted molar refractivity (Wildman–Crippen MR) is 78.6 cm³/mol. The van der Waals surface area contributed by atoms with E-state index in [9.17, 15) is 5.11 Å². The first-order valence-corrected chi connectivity index (χ1v) is 6.65. The average molecular weight is 292 g/mol. The van der Waals surface area contributed by atoms with Crippen molar-refractivity contribution in [3.63, 3.8) is 0 Å². The van der Waals surface area contributed by atoms with E-state index in [2.05, 4.69) is 4.98 Å². The first-order chi connectivity index (χ1) is 9.11. The average Bonchev–Trinajstić information content (AvgIpc) is 2.42. The summed E-state index contributed by atoms with van der Waals surface area (Å²) in [5.41, 5.74) is 1.31. The number of nitrogens with zero attached hydrogens (tertiary/aromatic N) is 1. The number of halogens is 2. The minimum Gasteiger partial charge on any atom is -0.386 e. The Labute approximate surface area is 121 Å². The summed E-state index contributed by atoms with van der Waals surface area (Å²) in [5.74, 6) is 0. The summed E-state index contributed by atoms with van der Waals surface area (Å²) in [6, 6.07) is 9.29. The number of benzene rings is 1. The summed E-state index contributed by atoms with van der Waals surface area (Å²) in [6.07, 6.45) is 6.09. The second-order valence-electron chi connectivity index (χ2n) is 4.46. The molecule has 2 atom stereocenters. The highest BCUT2D eigenvalue weighted by molar-refractivity contribution is 6.35. The van der Waals surface area contributed by atoms with Gasteiger partial charge < -0.3 is 5.11 Å². The fourth-order valence-electron chi connectivity index (χ4n) is 2.17. The number of hydrogen-bond donors (Lipinski definition) is 1. The lowest BCUT2D eigenvalue weighted by atomic mass is 9.92. The topological polar surface area (TPSA) is 33.1 Å². The first-order valence-electron chi connectivity index (χ1n) is 5.90. The van der Waals surface area contributed by atoms with Crippen LogP contribution in [-0.2, 0) is 4.87 Å². The lowest BCUT2D eigenvalue weighted by Gasteiger charge is -2.29. The third-order valence-corrected chi connectivity index (χ3v) is 4.09. The van der Waals surface area contributed by atoms with Crippen LogP contribution in [0.25, 0.3) is 10.9 Å². The van der Waals surface area contributed by atoms with Crippen LogP contribution in [-0.4, -0.2) is 16.2 Å². The lowest BCUT2D eigenvalue weighted by molar-refractivity contribution is 0.187. The smallest absolute Gasteiger partial charge is 0.134 e. The number of para-hydroxylation sites is 1. The SMILES string of the molecule is OC1C=CC=CC1(Cl)c1cc(Cl)c2ccccc2n1. The Bertz CT molecular complexity index is 696. The first kappa shape index (κ1) is 12.7. The number of aromatic nitrogens is 1. The van der Waals surface area contributed by atoms with Gasteiger partial charge in [0.15, 0.2) is 0 Å². The molecule has 1 aliphatic rings. The van der Waals surface area contributed by atoms with Gasteiger partial charge in [0, 0.05) is 5.39 Å². The van der Waals surface area contributed by atoms with Crippen molar-refractivity contribution in [3.05, 3.63) is 65.4 Å². The van der Waals surface area contributed by atoms with Crippen LogP contribution in [0.3, 0.4) is 0 Å². The zero-order valence-electron chi connectivity index (χ0n) is 9.92. The molecule has 2 aromatic rings. The van der Waals surface area contributed by atoms with Gasteiger partial charge in [-0.15, -0.1) is 11.6 Å². The maximum absolute atomic E-state index is 10.1. The molecule has 0 aliphatic heterocycles. The molecule has 4 heteroatoms. The number of fused-ring (bicyclic) bond motifs is 1. The third kappa shape index (κ3) is 2.06. The zero-order valence-corrected chi connectivity index (χ0v) is 11.4. The number of alkyl halides is 1. The zero-order chi connectivity index (χ0) is 13.5. The molecule has 0 saturated heterocycles. The van der Waals surface area contributed by atoms with E-state index in [-0.39, 0.29) is 0 Å². The minimum atomic E-state index is -1.07. The molecule has 0 bridgehead atoms. The minimum absolute atomic E-state index is 0.547. The Kier molecular flexibility index (Phi) is 3.09. The summed E-state index contributed by atoms with van der Waals surface area (Å²) in [7, 11) is 0. The quantitative estimate of drug-likeness (QED) is 0.811. The maximum Gasteiger partial charge on any atom is 0.134 e. The van der Waals surface area contributed by atoms with E-state index in [0.29, 0.717) is 10.7 Å². The van der Waals surface area contributed by atoms with E-state index in [1.807, 2.05) is 24.3 Å². The van der Waals surface area contributed by atoms with E-state index in [0.717, 1.165) is 10.9 Å². The molecule has 0 fully saturated rings. The second-order valence-corrected chi connectivity index (χ2v) is 5.50. The third-order valence-electron chi connectivity index (χ3n) is 3.23. The Morgan fingerprint density at radius 3 is 2.79 bits per heavy atom. The number of allylic oxidation sites excluding steroid dienone is 2. The molecule has 0 amide bonds. The van der Waals surface area contributed by atoms with Crippen molar-refractivity contribution in [1.29, 1.82) is 0 Å². The number of pyridine rings is 1. The fourth-order valence-corrected chi connectivity index (χ4v) is 2.68. The molecule has 2 nitrogen and oxygen atoms in total. The molecule has 2 unspecified atom stereocenters. The summed E-state index contributed by atoms with van der Waals surface area (Å²) < 4.78 is 0. The molecular weight excluding hydrogens is 281 g/mol. The Morgan fingerprint density at radius 2 is 2.00 bits per heavy atom. The van der Waals surface area contributed by atoms with Gasteiger partial charge in [0.25, 0.3) is 0 Å². The standard InChI is InChI=1S/C15H11Cl2NO/c16-11-9-13(15(17)8-4-3-7-14(15)19)18-12-6-2-1-5-10(11)12/h1-9,14,19H. The highest BCUT2D eigenvalue weighted by Crippen LogP contribution is 2.38. The van der Waals surface area contributed by atoms with Crippen LogP contribution in [0.1, 0.15) is 5.69 Å². The van der Waals surface area contributed by atoms with Crippen LogP contribution in [0.2, 0.25) is 5.02 Å². The Balaban J connectivity index is 2.21. The van der Waals surface area contributed by atoms with Gasteiger partial charge in [-0.3, -0.25) is 4.98 Å². The summed E-state index contributed by atoms with van der Waals surface area (Å²) in [4.78, 5) is 3.45. The molecule has 0 saturated carbocycles. The molecule has 1 aliphatic carbocycles. The van der Waals surface area contributed by atoms with Crippen LogP contribution in [0.5, 0.6) is 0 Å². The molecule has 0 spiro atoms. The highest BCUT2D eigenvalue weighted by atomic mass is 35.5. The highest BCUT2D eigenvalue weighted by Gasteiger charge is 2.37. The Morgan fingerprint density at radius 1 is 1.21 bits per heavy atom. The van der Waals surface area contributed by atoms with E-state index < -0.39 is 11.0 Å². The normalized spacial score (nSPS) is 25.9. The van der Waals surface area contributed by atoms with Crippen molar-refractivity contribution >= 4 is 34.1 Å². The van der Waals surface area contributed by atoms with Gasteiger partial charge >= 0.3 is 0 Å². The van der Waals surface area contributed by atoms with Crippen molar-refractivity contribution in [2.75, 3.05) is 0 Å². The predicted octanol–water partition coefficient (Wildman–Crippen LogP) is 3.81. The van der Waals surface area contributed by atoms with Crippen LogP contribution in [0.15, 0.2) is 54.6 Å². The van der Waals surface area contributed by atoms with Crippen LogP contribution in [0, 0.1) is 0 Å². The Hall–Kier alpha value is -1.35. The van der Waals surface area contributed by atoms with Gasteiger partial charge in [-0.1, -0.05) is 54.1 Å². The number of aliphatic hydroxyl groups excluding tert-OH is 1. The summed E-state index contributed by atoms with van der Waals surface area (Å²) >= 11 is 12.8. The summed E-state index contributed by atoms with van der Waals surface area (Å²) in [5, 5.41) is 11.5. The fraction of sp³-hybridized carbons (Fsp3) is 0.133.